The van der Waals surface area contributed by atoms with Gasteiger partial charge in [0.05, 0.1) is 0 Å². The van der Waals surface area contributed by atoms with Gasteiger partial charge in [0.1, 0.15) is 12.6 Å². The minimum atomic E-state index is 0.744. The summed E-state index contributed by atoms with van der Waals surface area (Å²) in [6, 6.07) is 0. The van der Waals surface area contributed by atoms with Crippen molar-refractivity contribution in [2.75, 3.05) is 0 Å². The van der Waals surface area contributed by atoms with Crippen LogP contribution in [0.4, 0.5) is 0 Å². The average Bonchev–Trinajstić information content (AvgIpc) is 2.31. The molecule has 0 aliphatic rings. The summed E-state index contributed by atoms with van der Waals surface area (Å²) in [4.78, 5) is 19.5. The van der Waals surface area contributed by atoms with Crippen molar-refractivity contribution in [2.24, 2.45) is 0 Å². The minimum absolute atomic E-state index is 0.744. The number of aldehydes is 2. The van der Waals surface area contributed by atoms with E-state index < -0.39 is 0 Å². The molecule has 0 saturated carbocycles. The van der Waals surface area contributed by atoms with Crippen molar-refractivity contribution in [2.45, 2.75) is 78.1 Å². The first-order valence-corrected chi connectivity index (χ1v) is 6.70. The maximum absolute atomic E-state index is 9.84. The van der Waals surface area contributed by atoms with E-state index in [1.54, 1.807) is 0 Å². The number of hydrogen-bond donors (Lipinski definition) is 0. The van der Waals surface area contributed by atoms with E-state index in [1.807, 2.05) is 0 Å². The van der Waals surface area contributed by atoms with E-state index in [4.69, 9.17) is 0 Å². The van der Waals surface area contributed by atoms with Gasteiger partial charge in [0.2, 0.25) is 0 Å². The van der Waals surface area contributed by atoms with Crippen LogP contribution in [-0.4, -0.2) is 12.6 Å². The Hall–Kier alpha value is -0.660. The number of unbranched alkanes of at least 4 members (excludes halogenated alkanes) is 8. The molecule has 0 aromatic rings. The third-order valence-corrected chi connectivity index (χ3v) is 2.35. The standard InChI is InChI=1S/C8H16O.C6H12O/c1-2-3-4-5-6-7-8-9;1-2-3-4-5-6-7/h8H,2-7H2,1H3;6H,2-5H2,1H3. The minimum Gasteiger partial charge on any atom is -0.303 e. The van der Waals surface area contributed by atoms with Crippen molar-refractivity contribution in [1.29, 1.82) is 0 Å². The molecule has 0 amide bonds. The fourth-order valence-corrected chi connectivity index (χ4v) is 1.31. The van der Waals surface area contributed by atoms with Gasteiger partial charge in [-0.25, -0.2) is 0 Å². The van der Waals surface area contributed by atoms with E-state index >= 15 is 0 Å². The summed E-state index contributed by atoms with van der Waals surface area (Å²) in [6.07, 6.45) is 13.2. The molecular weight excluding hydrogens is 200 g/mol. The zero-order valence-corrected chi connectivity index (χ0v) is 11.0. The van der Waals surface area contributed by atoms with Gasteiger partial charge in [-0.3, -0.25) is 0 Å². The lowest BCUT2D eigenvalue weighted by Crippen LogP contribution is -1.78. The molecule has 0 fully saturated rings. The number of carbonyl (C=O) groups excluding carboxylic acids is 2. The van der Waals surface area contributed by atoms with Gasteiger partial charge in [-0.2, -0.15) is 0 Å². The van der Waals surface area contributed by atoms with Crippen molar-refractivity contribution < 1.29 is 9.59 Å². The van der Waals surface area contributed by atoms with Crippen LogP contribution in [0, 0.1) is 0 Å². The molecule has 0 aliphatic carbocycles. The highest BCUT2D eigenvalue weighted by Crippen LogP contribution is 2.02. The second kappa shape index (κ2) is 19.8. The van der Waals surface area contributed by atoms with Crippen LogP contribution in [0.15, 0.2) is 0 Å². The lowest BCUT2D eigenvalue weighted by Gasteiger charge is -1.93. The van der Waals surface area contributed by atoms with Crippen LogP contribution in [-0.2, 0) is 9.59 Å². The third kappa shape index (κ3) is 23.3. The molecule has 0 N–H and O–H groups in total. The summed E-state index contributed by atoms with van der Waals surface area (Å²) in [6.45, 7) is 4.32. The van der Waals surface area contributed by atoms with Crippen LogP contribution in [0.25, 0.3) is 0 Å². The summed E-state index contributed by atoms with van der Waals surface area (Å²) < 4.78 is 0. The van der Waals surface area contributed by atoms with Gasteiger partial charge in [0.15, 0.2) is 0 Å². The molecule has 0 aromatic heterocycles. The van der Waals surface area contributed by atoms with E-state index in [0.29, 0.717) is 0 Å². The molecular formula is C14H28O2. The van der Waals surface area contributed by atoms with Crippen molar-refractivity contribution in [3.05, 3.63) is 0 Å². The van der Waals surface area contributed by atoms with E-state index in [1.165, 1.54) is 38.5 Å². The average molecular weight is 228 g/mol. The van der Waals surface area contributed by atoms with Crippen molar-refractivity contribution in [3.63, 3.8) is 0 Å². The summed E-state index contributed by atoms with van der Waals surface area (Å²) in [5.41, 5.74) is 0. The van der Waals surface area contributed by atoms with Gasteiger partial charge in [-0.15, -0.1) is 0 Å². The lowest BCUT2D eigenvalue weighted by molar-refractivity contribution is -0.108. The first kappa shape index (κ1) is 17.7. The van der Waals surface area contributed by atoms with Crippen LogP contribution >= 0.6 is 0 Å². The first-order chi connectivity index (χ1) is 7.83. The van der Waals surface area contributed by atoms with E-state index in [0.717, 1.165) is 38.3 Å². The molecule has 2 heteroatoms. The lowest BCUT2D eigenvalue weighted by atomic mass is 10.1. The molecule has 0 bridgehead atoms. The quantitative estimate of drug-likeness (QED) is 0.412. The Morgan fingerprint density at radius 1 is 0.625 bits per heavy atom. The molecule has 0 radical (unpaired) electrons. The zero-order valence-electron chi connectivity index (χ0n) is 11.0. The number of hydrogen-bond acceptors (Lipinski definition) is 2. The molecule has 0 saturated heterocycles. The monoisotopic (exact) mass is 228 g/mol. The zero-order chi connectivity index (χ0) is 12.5. The topological polar surface area (TPSA) is 34.1 Å². The summed E-state index contributed by atoms with van der Waals surface area (Å²) in [5, 5.41) is 0. The molecule has 0 rings (SSSR count). The fourth-order valence-electron chi connectivity index (χ4n) is 1.31. The van der Waals surface area contributed by atoms with E-state index in [9.17, 15) is 9.59 Å². The van der Waals surface area contributed by atoms with Gasteiger partial charge >= 0.3 is 0 Å². The maximum atomic E-state index is 9.84. The normalized spacial score (nSPS) is 9.12. The van der Waals surface area contributed by atoms with Gasteiger partial charge < -0.3 is 9.59 Å². The summed E-state index contributed by atoms with van der Waals surface area (Å²) in [7, 11) is 0. The molecule has 0 spiro atoms. The summed E-state index contributed by atoms with van der Waals surface area (Å²) in [5.74, 6) is 0. The molecule has 0 unspecified atom stereocenters. The molecule has 0 aromatic carbocycles. The van der Waals surface area contributed by atoms with Crippen molar-refractivity contribution >= 4 is 12.6 Å². The Kier molecular flexibility index (Phi) is 22.0. The van der Waals surface area contributed by atoms with Crippen LogP contribution in [0.1, 0.15) is 78.1 Å². The smallest absolute Gasteiger partial charge is 0.119 e. The Labute approximate surface area is 101 Å². The molecule has 0 atom stereocenters. The highest BCUT2D eigenvalue weighted by molar-refractivity contribution is 5.49. The highest BCUT2D eigenvalue weighted by Gasteiger charge is 1.85. The second-order valence-corrected chi connectivity index (χ2v) is 4.03. The predicted octanol–water partition coefficient (Wildman–Crippen LogP) is 4.31. The SMILES string of the molecule is CCCCCC=O.CCCCCCCC=O. The van der Waals surface area contributed by atoms with Crippen molar-refractivity contribution in [1.82, 2.24) is 0 Å². The van der Waals surface area contributed by atoms with Crippen molar-refractivity contribution in [3.8, 4) is 0 Å². The van der Waals surface area contributed by atoms with Gasteiger partial charge in [0, 0.05) is 12.8 Å². The maximum Gasteiger partial charge on any atom is 0.119 e. The highest BCUT2D eigenvalue weighted by atomic mass is 16.1. The number of rotatable bonds is 10. The molecule has 16 heavy (non-hydrogen) atoms. The molecule has 0 aliphatic heterocycles. The van der Waals surface area contributed by atoms with E-state index in [-0.39, 0.29) is 0 Å². The van der Waals surface area contributed by atoms with Crippen LogP contribution in [0.3, 0.4) is 0 Å². The molecule has 0 heterocycles. The van der Waals surface area contributed by atoms with Crippen LogP contribution < -0.4 is 0 Å². The molecule has 96 valence electrons. The molecule has 2 nitrogen and oxygen atoms in total. The Morgan fingerprint density at radius 3 is 1.44 bits per heavy atom. The summed E-state index contributed by atoms with van der Waals surface area (Å²) >= 11 is 0. The fraction of sp³-hybridized carbons (Fsp3) is 0.857. The van der Waals surface area contributed by atoms with Crippen LogP contribution in [0.2, 0.25) is 0 Å². The van der Waals surface area contributed by atoms with E-state index in [2.05, 4.69) is 13.8 Å². The van der Waals surface area contributed by atoms with Gasteiger partial charge in [0.25, 0.3) is 0 Å². The second-order valence-electron chi connectivity index (χ2n) is 4.03. The largest absolute Gasteiger partial charge is 0.303 e. The Balaban J connectivity index is 0. The first-order valence-electron chi connectivity index (χ1n) is 6.70. The Bertz CT molecular complexity index is 133. The predicted molar refractivity (Wildman–Crippen MR) is 69.6 cm³/mol. The Morgan fingerprint density at radius 2 is 1.00 bits per heavy atom. The third-order valence-electron chi connectivity index (χ3n) is 2.35. The van der Waals surface area contributed by atoms with Crippen LogP contribution in [0.5, 0.6) is 0 Å². The van der Waals surface area contributed by atoms with Gasteiger partial charge in [-0.05, 0) is 12.8 Å². The number of carbonyl (C=O) groups is 2. The van der Waals surface area contributed by atoms with Gasteiger partial charge in [-0.1, -0.05) is 52.4 Å².